The SMILES string of the molecule is CCC(=O)C1CC[N+](CCC(=O)O)(Nc2ccccc2F)CC1. The quantitative estimate of drug-likeness (QED) is 0.757. The van der Waals surface area contributed by atoms with Crippen LogP contribution in [0.1, 0.15) is 32.6 Å². The largest absolute Gasteiger partial charge is 0.481 e. The van der Waals surface area contributed by atoms with Crippen LogP contribution in [0.2, 0.25) is 0 Å². The van der Waals surface area contributed by atoms with Crippen LogP contribution in [0.5, 0.6) is 0 Å². The molecule has 0 amide bonds. The van der Waals surface area contributed by atoms with Gasteiger partial charge in [-0.15, -0.1) is 0 Å². The van der Waals surface area contributed by atoms with Crippen molar-refractivity contribution < 1.29 is 23.7 Å². The highest BCUT2D eigenvalue weighted by molar-refractivity contribution is 5.80. The number of Topliss-reactive ketones (excluding diaryl/α,β-unsaturated/α-hetero) is 1. The lowest BCUT2D eigenvalue weighted by atomic mass is 9.90. The second-order valence-corrected chi connectivity index (χ2v) is 6.15. The number of anilines is 1. The number of quaternary nitrogens is 1. The van der Waals surface area contributed by atoms with Crippen LogP contribution >= 0.6 is 0 Å². The first-order valence-corrected chi connectivity index (χ1v) is 8.09. The van der Waals surface area contributed by atoms with Crippen molar-refractivity contribution in [3.8, 4) is 0 Å². The van der Waals surface area contributed by atoms with E-state index in [4.69, 9.17) is 5.11 Å². The maximum atomic E-state index is 13.9. The first kappa shape index (κ1) is 17.4. The van der Waals surface area contributed by atoms with Crippen LogP contribution in [0.25, 0.3) is 0 Å². The Morgan fingerprint density at radius 2 is 1.96 bits per heavy atom. The molecular weight excluding hydrogens is 299 g/mol. The van der Waals surface area contributed by atoms with E-state index in [1.807, 2.05) is 6.92 Å². The lowest BCUT2D eigenvalue weighted by Gasteiger charge is -2.42. The summed E-state index contributed by atoms with van der Waals surface area (Å²) >= 11 is 0. The summed E-state index contributed by atoms with van der Waals surface area (Å²) in [5.74, 6) is -0.929. The summed E-state index contributed by atoms with van der Waals surface area (Å²) in [7, 11) is 0. The maximum Gasteiger partial charge on any atom is 0.309 e. The van der Waals surface area contributed by atoms with Gasteiger partial charge in [0.15, 0.2) is 5.82 Å². The van der Waals surface area contributed by atoms with Crippen molar-refractivity contribution in [1.82, 2.24) is 0 Å². The van der Waals surface area contributed by atoms with Crippen LogP contribution in [0.15, 0.2) is 24.3 Å². The van der Waals surface area contributed by atoms with E-state index in [0.29, 0.717) is 49.2 Å². The number of halogens is 1. The minimum absolute atomic E-state index is 0.00778. The zero-order chi connectivity index (χ0) is 16.9. The number of carbonyl (C=O) groups excluding carboxylic acids is 1. The summed E-state index contributed by atoms with van der Waals surface area (Å²) in [6, 6.07) is 6.39. The summed E-state index contributed by atoms with van der Waals surface area (Å²) < 4.78 is 14.2. The minimum Gasteiger partial charge on any atom is -0.481 e. The fraction of sp³-hybridized carbons (Fsp3) is 0.529. The van der Waals surface area contributed by atoms with E-state index in [1.165, 1.54) is 6.07 Å². The molecule has 0 unspecified atom stereocenters. The topological polar surface area (TPSA) is 66.4 Å². The Hall–Kier alpha value is -1.95. The molecule has 1 aliphatic heterocycles. The van der Waals surface area contributed by atoms with E-state index in [1.54, 1.807) is 18.2 Å². The molecule has 1 saturated heterocycles. The Balaban J connectivity index is 2.13. The highest BCUT2D eigenvalue weighted by Gasteiger charge is 2.37. The standard InChI is InChI=1S/C17H23FN2O3/c1-2-16(21)13-7-10-20(11-8-13,12-9-17(22)23)19-15-6-4-3-5-14(15)18/h3-6,13,19H,2,7-12H2,1H3/p+1. The summed E-state index contributed by atoms with van der Waals surface area (Å²) in [5.41, 5.74) is 3.56. The number of carbonyl (C=O) groups is 2. The smallest absolute Gasteiger partial charge is 0.309 e. The zero-order valence-corrected chi connectivity index (χ0v) is 13.4. The average molecular weight is 323 g/mol. The van der Waals surface area contributed by atoms with Crippen molar-refractivity contribution in [2.24, 2.45) is 5.92 Å². The highest BCUT2D eigenvalue weighted by Crippen LogP contribution is 2.27. The van der Waals surface area contributed by atoms with Gasteiger partial charge in [-0.1, -0.05) is 19.1 Å². The van der Waals surface area contributed by atoms with Gasteiger partial charge in [-0.2, -0.15) is 0 Å². The highest BCUT2D eigenvalue weighted by atomic mass is 19.1. The Morgan fingerprint density at radius 3 is 2.52 bits per heavy atom. The predicted molar refractivity (Wildman–Crippen MR) is 85.2 cm³/mol. The molecule has 0 bridgehead atoms. The number of ketones is 1. The molecule has 1 aromatic rings. The Bertz CT molecular complexity index is 569. The molecule has 1 heterocycles. The monoisotopic (exact) mass is 323 g/mol. The molecule has 23 heavy (non-hydrogen) atoms. The van der Waals surface area contributed by atoms with E-state index in [9.17, 15) is 14.0 Å². The number of hydrogen-bond acceptors (Lipinski definition) is 3. The molecule has 1 fully saturated rings. The van der Waals surface area contributed by atoms with Crippen LogP contribution in [0, 0.1) is 11.7 Å². The first-order chi connectivity index (χ1) is 11.0. The third kappa shape index (κ3) is 4.51. The third-order valence-corrected chi connectivity index (χ3v) is 4.60. The molecule has 5 nitrogen and oxygen atoms in total. The number of aliphatic carboxylic acids is 1. The van der Waals surface area contributed by atoms with E-state index in [2.05, 4.69) is 5.43 Å². The van der Waals surface area contributed by atoms with Crippen molar-refractivity contribution in [1.29, 1.82) is 0 Å². The van der Waals surface area contributed by atoms with E-state index >= 15 is 0 Å². The molecule has 0 saturated carbocycles. The van der Waals surface area contributed by atoms with Gasteiger partial charge in [0, 0.05) is 25.2 Å². The van der Waals surface area contributed by atoms with Crippen LogP contribution in [0.4, 0.5) is 10.1 Å². The number of likely N-dealkylation sites (tertiary alicyclic amines) is 1. The number of hydrogen-bond donors (Lipinski definition) is 2. The number of rotatable bonds is 7. The fourth-order valence-corrected chi connectivity index (χ4v) is 3.18. The van der Waals surface area contributed by atoms with Crippen LogP contribution in [-0.2, 0) is 9.59 Å². The second-order valence-electron chi connectivity index (χ2n) is 6.15. The van der Waals surface area contributed by atoms with E-state index in [-0.39, 0.29) is 23.9 Å². The Kier molecular flexibility index (Phi) is 5.71. The number of piperidine rings is 1. The second kappa shape index (κ2) is 7.55. The molecule has 0 spiro atoms. The normalized spacial score (nSPS) is 24.2. The fourth-order valence-electron chi connectivity index (χ4n) is 3.18. The van der Waals surface area contributed by atoms with Gasteiger partial charge < -0.3 is 5.11 Å². The summed E-state index contributed by atoms with van der Waals surface area (Å²) in [6.07, 6.45) is 1.94. The molecule has 2 N–H and O–H groups in total. The lowest BCUT2D eigenvalue weighted by Crippen LogP contribution is -2.58. The van der Waals surface area contributed by atoms with Crippen molar-refractivity contribution in [3.63, 3.8) is 0 Å². The number of carboxylic acids is 1. The Labute approximate surface area is 135 Å². The molecule has 0 aliphatic carbocycles. The predicted octanol–water partition coefficient (Wildman–Crippen LogP) is 2.83. The molecule has 0 radical (unpaired) electrons. The maximum absolute atomic E-state index is 13.9. The molecule has 0 atom stereocenters. The summed E-state index contributed by atoms with van der Waals surface area (Å²) in [4.78, 5) is 22.8. The van der Waals surface area contributed by atoms with Crippen molar-refractivity contribution in [2.75, 3.05) is 25.1 Å². The van der Waals surface area contributed by atoms with Crippen molar-refractivity contribution >= 4 is 17.4 Å². The van der Waals surface area contributed by atoms with E-state index < -0.39 is 5.97 Å². The molecule has 0 aromatic heterocycles. The summed E-state index contributed by atoms with van der Waals surface area (Å²) in [5, 5.41) is 8.99. The number of carboxylic acid groups (broad SMARTS) is 1. The number of para-hydroxylation sites is 1. The first-order valence-electron chi connectivity index (χ1n) is 8.09. The van der Waals surface area contributed by atoms with Gasteiger partial charge >= 0.3 is 5.97 Å². The van der Waals surface area contributed by atoms with Gasteiger partial charge in [0.25, 0.3) is 0 Å². The number of benzene rings is 1. The third-order valence-electron chi connectivity index (χ3n) is 4.60. The molecule has 6 heteroatoms. The molecule has 126 valence electrons. The van der Waals surface area contributed by atoms with E-state index in [0.717, 1.165) is 0 Å². The zero-order valence-electron chi connectivity index (χ0n) is 13.4. The summed E-state index contributed by atoms with van der Waals surface area (Å²) in [6.45, 7) is 3.48. The van der Waals surface area contributed by atoms with Crippen molar-refractivity contribution in [3.05, 3.63) is 30.1 Å². The van der Waals surface area contributed by atoms with Crippen LogP contribution < -0.4 is 5.43 Å². The van der Waals surface area contributed by atoms with Crippen LogP contribution in [-0.4, -0.2) is 41.1 Å². The number of nitrogens with one attached hydrogen (secondary N) is 1. The average Bonchev–Trinajstić information content (AvgIpc) is 2.55. The Morgan fingerprint density at radius 1 is 1.30 bits per heavy atom. The van der Waals surface area contributed by atoms with Gasteiger partial charge in [0.2, 0.25) is 0 Å². The molecule has 1 aromatic carbocycles. The van der Waals surface area contributed by atoms with Gasteiger partial charge in [0.05, 0.1) is 6.42 Å². The molecule has 2 rings (SSSR count). The van der Waals surface area contributed by atoms with Crippen LogP contribution in [0.3, 0.4) is 0 Å². The molecule has 1 aliphatic rings. The molecular formula is C17H24FN2O3+. The lowest BCUT2D eigenvalue weighted by molar-refractivity contribution is -0.912. The van der Waals surface area contributed by atoms with Crippen molar-refractivity contribution in [2.45, 2.75) is 32.6 Å². The van der Waals surface area contributed by atoms with Gasteiger partial charge in [0.1, 0.15) is 31.1 Å². The number of nitrogens with zero attached hydrogens (tertiary/aromatic N) is 1. The minimum atomic E-state index is -0.871. The van der Waals surface area contributed by atoms with Gasteiger partial charge in [-0.25, -0.2) is 14.4 Å². The van der Waals surface area contributed by atoms with Gasteiger partial charge in [-0.05, 0) is 12.1 Å². The van der Waals surface area contributed by atoms with Gasteiger partial charge in [-0.3, -0.25) is 9.59 Å².